The molecule has 0 radical (unpaired) electrons. The summed E-state index contributed by atoms with van der Waals surface area (Å²) in [5, 5.41) is 0. The maximum Gasteiger partial charge on any atom is 0.184 e. The monoisotopic (exact) mass is 462 g/mol. The maximum atomic E-state index is 6.38. The Morgan fingerprint density at radius 2 is 2.09 bits per heavy atom. The molecule has 1 aliphatic rings. The van der Waals surface area contributed by atoms with Crippen LogP contribution in [0, 0.1) is 12.3 Å². The molecule has 3 atom stereocenters. The third-order valence-corrected chi connectivity index (χ3v) is 9.30. The molecule has 0 aliphatic carbocycles. The van der Waals surface area contributed by atoms with Gasteiger partial charge in [-0.05, 0) is 12.5 Å². The molecule has 1 saturated heterocycles. The molecule has 0 N–H and O–H groups in total. The third-order valence-electron chi connectivity index (χ3n) is 5.62. The first-order valence-corrected chi connectivity index (χ1v) is 12.9. The molecule has 9 nitrogen and oxygen atoms in total. The van der Waals surface area contributed by atoms with Crippen molar-refractivity contribution >= 4 is 33.6 Å². The third kappa shape index (κ3) is 5.41. The van der Waals surface area contributed by atoms with Gasteiger partial charge in [0, 0.05) is 25.3 Å². The zero-order valence-electron chi connectivity index (χ0n) is 20.0. The predicted molar refractivity (Wildman–Crippen MR) is 129 cm³/mol. The Balaban J connectivity index is 1.82. The van der Waals surface area contributed by atoms with Crippen molar-refractivity contribution in [3.05, 3.63) is 12.7 Å². The molecule has 1 aliphatic heterocycles. The highest BCUT2D eigenvalue weighted by atomic mass is 32.3. The van der Waals surface area contributed by atoms with Crippen LogP contribution in [-0.4, -0.2) is 87.5 Å². The van der Waals surface area contributed by atoms with Gasteiger partial charge in [-0.1, -0.05) is 26.7 Å². The van der Waals surface area contributed by atoms with Crippen molar-refractivity contribution < 1.29 is 13.7 Å². The largest absolute Gasteiger partial charge is 0.369 e. The van der Waals surface area contributed by atoms with Crippen molar-refractivity contribution in [1.29, 1.82) is 0 Å². The molecule has 2 aromatic rings. The van der Waals surface area contributed by atoms with E-state index in [0.29, 0.717) is 30.0 Å². The second-order valence-corrected chi connectivity index (χ2v) is 13.2. The van der Waals surface area contributed by atoms with Gasteiger partial charge >= 0.3 is 0 Å². The fourth-order valence-corrected chi connectivity index (χ4v) is 3.91. The van der Waals surface area contributed by atoms with Gasteiger partial charge in [0.25, 0.3) is 0 Å². The van der Waals surface area contributed by atoms with E-state index in [2.05, 4.69) is 59.1 Å². The Bertz CT molecular complexity index is 992. The lowest BCUT2D eigenvalue weighted by Crippen LogP contribution is -2.33. The lowest BCUT2D eigenvalue weighted by molar-refractivity contribution is -0.0490. The standard InChI is InChI=1S/C22H34N6O3S/c1-9-10-29-16-11-18(31-17(16)12-30-32(7,8)22(2,3)4)28-15-25-19-20(26-14-27(5)6)23-13-24-21(19)28/h1,13-18H,10-12H2,2-8H3/b26-14+. The van der Waals surface area contributed by atoms with E-state index in [-0.39, 0.29) is 29.8 Å². The van der Waals surface area contributed by atoms with Crippen molar-refractivity contribution in [3.63, 3.8) is 0 Å². The van der Waals surface area contributed by atoms with E-state index < -0.39 is 10.3 Å². The van der Waals surface area contributed by atoms with Crippen LogP contribution in [0.15, 0.2) is 17.6 Å². The quantitative estimate of drug-likeness (QED) is 0.338. The van der Waals surface area contributed by atoms with Crippen molar-refractivity contribution in [2.45, 2.75) is 50.4 Å². The van der Waals surface area contributed by atoms with Gasteiger partial charge in [0.2, 0.25) is 0 Å². The molecule has 0 bridgehead atoms. The summed E-state index contributed by atoms with van der Waals surface area (Å²) in [6, 6.07) is 0. The number of fused-ring (bicyclic) bond motifs is 1. The van der Waals surface area contributed by atoms with Crippen LogP contribution in [0.1, 0.15) is 33.4 Å². The first kappa shape index (κ1) is 24.5. The van der Waals surface area contributed by atoms with Gasteiger partial charge in [0.15, 0.2) is 17.0 Å². The van der Waals surface area contributed by atoms with E-state index in [9.17, 15) is 0 Å². The van der Waals surface area contributed by atoms with Gasteiger partial charge in [-0.15, -0.1) is 16.7 Å². The second-order valence-electron chi connectivity index (χ2n) is 9.28. The number of aliphatic imine (C=N–C) groups is 1. The number of imidazole rings is 1. The molecule has 2 aromatic heterocycles. The lowest BCUT2D eigenvalue weighted by atomic mass is 10.2. The molecule has 0 saturated carbocycles. The lowest BCUT2D eigenvalue weighted by Gasteiger charge is -2.44. The van der Waals surface area contributed by atoms with Crippen LogP contribution >= 0.6 is 10.3 Å². The molecule has 3 unspecified atom stereocenters. The van der Waals surface area contributed by atoms with E-state index in [0.717, 1.165) is 0 Å². The summed E-state index contributed by atoms with van der Waals surface area (Å²) in [5.74, 6) is 3.06. The number of terminal acetylenes is 1. The van der Waals surface area contributed by atoms with E-state index in [1.165, 1.54) is 6.33 Å². The first-order chi connectivity index (χ1) is 15.0. The van der Waals surface area contributed by atoms with Gasteiger partial charge in [-0.25, -0.2) is 19.9 Å². The normalized spacial score (nSPS) is 22.5. The Hall–Kier alpha value is -2.19. The van der Waals surface area contributed by atoms with Gasteiger partial charge in [0.1, 0.15) is 25.3 Å². The average molecular weight is 463 g/mol. The highest BCUT2D eigenvalue weighted by Crippen LogP contribution is 2.54. The summed E-state index contributed by atoms with van der Waals surface area (Å²) in [4.78, 5) is 19.4. The SMILES string of the molecule is C#CCOC1CC(n2cnc3c(/N=C/N(C)C)ncnc32)OC1COS(C)(C)C(C)(C)C. The van der Waals surface area contributed by atoms with Gasteiger partial charge in [-0.3, -0.25) is 4.57 Å². The van der Waals surface area contributed by atoms with Crippen molar-refractivity contribution in [2.24, 2.45) is 4.99 Å². The number of aromatic nitrogens is 4. The molecule has 3 rings (SSSR count). The Kier molecular flexibility index (Phi) is 7.45. The highest BCUT2D eigenvalue weighted by molar-refractivity contribution is 8.29. The summed E-state index contributed by atoms with van der Waals surface area (Å²) in [7, 11) is 2.50. The van der Waals surface area contributed by atoms with Crippen LogP contribution in [-0.2, 0) is 13.7 Å². The zero-order chi connectivity index (χ0) is 23.5. The summed E-state index contributed by atoms with van der Waals surface area (Å²) in [5.41, 5.74) is 1.28. The summed E-state index contributed by atoms with van der Waals surface area (Å²) < 4.78 is 20.6. The Labute approximate surface area is 192 Å². The number of hydrogen-bond acceptors (Lipinski definition) is 7. The molecule has 0 aromatic carbocycles. The fourth-order valence-electron chi connectivity index (χ4n) is 3.08. The average Bonchev–Trinajstić information content (AvgIpc) is 3.32. The van der Waals surface area contributed by atoms with Crippen LogP contribution in [0.3, 0.4) is 0 Å². The molecular weight excluding hydrogens is 428 g/mol. The minimum Gasteiger partial charge on any atom is -0.369 e. The minimum absolute atomic E-state index is 0.0567. The van der Waals surface area contributed by atoms with Crippen LogP contribution in [0.2, 0.25) is 0 Å². The molecule has 3 heterocycles. The van der Waals surface area contributed by atoms with Crippen LogP contribution in [0.4, 0.5) is 5.82 Å². The van der Waals surface area contributed by atoms with E-state index in [1.807, 2.05) is 23.6 Å². The molecule has 1 fully saturated rings. The van der Waals surface area contributed by atoms with Gasteiger partial charge in [0.05, 0.1) is 25.4 Å². The smallest absolute Gasteiger partial charge is 0.184 e. The molecule has 176 valence electrons. The second kappa shape index (κ2) is 9.75. The number of rotatable bonds is 8. The van der Waals surface area contributed by atoms with Crippen LogP contribution < -0.4 is 0 Å². The predicted octanol–water partition coefficient (Wildman–Crippen LogP) is 3.15. The zero-order valence-corrected chi connectivity index (χ0v) is 20.8. The number of hydrogen-bond donors (Lipinski definition) is 0. The van der Waals surface area contributed by atoms with E-state index in [1.54, 1.807) is 12.7 Å². The van der Waals surface area contributed by atoms with Gasteiger partial charge in [-0.2, -0.15) is 0 Å². The van der Waals surface area contributed by atoms with Crippen molar-refractivity contribution in [1.82, 2.24) is 24.4 Å². The highest BCUT2D eigenvalue weighted by Gasteiger charge is 2.40. The van der Waals surface area contributed by atoms with Crippen LogP contribution in [0.25, 0.3) is 11.2 Å². The molecule has 0 spiro atoms. The molecule has 32 heavy (non-hydrogen) atoms. The van der Waals surface area contributed by atoms with Crippen LogP contribution in [0.5, 0.6) is 0 Å². The van der Waals surface area contributed by atoms with Crippen molar-refractivity contribution in [3.8, 4) is 12.3 Å². The number of ether oxygens (including phenoxy) is 2. The summed E-state index contributed by atoms with van der Waals surface area (Å²) >= 11 is 0. The number of nitrogens with zero attached hydrogens (tertiary/aromatic N) is 6. The maximum absolute atomic E-state index is 6.38. The van der Waals surface area contributed by atoms with E-state index in [4.69, 9.17) is 20.1 Å². The van der Waals surface area contributed by atoms with E-state index >= 15 is 0 Å². The Morgan fingerprint density at radius 1 is 1.34 bits per heavy atom. The topological polar surface area (TPSA) is 86.9 Å². The molecule has 10 heteroatoms. The summed E-state index contributed by atoms with van der Waals surface area (Å²) in [6.45, 7) is 7.25. The van der Waals surface area contributed by atoms with Crippen molar-refractivity contribution in [2.75, 3.05) is 39.8 Å². The summed E-state index contributed by atoms with van der Waals surface area (Å²) in [6.07, 6.45) is 14.6. The molecule has 0 amide bonds. The first-order valence-electron chi connectivity index (χ1n) is 10.5. The van der Waals surface area contributed by atoms with Gasteiger partial charge < -0.3 is 18.6 Å². The minimum atomic E-state index is -1.29. The Morgan fingerprint density at radius 3 is 2.75 bits per heavy atom. The fraction of sp³-hybridized carbons (Fsp3) is 0.636. The molecular formula is C22H34N6O3S.